The number of hydrogen-bond donors (Lipinski definition) is 2. The Bertz CT molecular complexity index is 737. The van der Waals surface area contributed by atoms with E-state index < -0.39 is 0 Å². The molecule has 0 aliphatic rings. The van der Waals surface area contributed by atoms with Gasteiger partial charge in [-0.2, -0.15) is 0 Å². The van der Waals surface area contributed by atoms with Crippen molar-refractivity contribution in [3.05, 3.63) is 52.5 Å². The number of hydrogen-bond acceptors (Lipinski definition) is 3. The second-order valence-electron chi connectivity index (χ2n) is 5.34. The molecule has 4 nitrogen and oxygen atoms in total. The minimum Gasteiger partial charge on any atom is -0.497 e. The molecular formula is C18H21ClN2O2S. The van der Waals surface area contributed by atoms with E-state index in [0.717, 1.165) is 28.3 Å². The normalized spacial score (nSPS) is 11.5. The summed E-state index contributed by atoms with van der Waals surface area (Å²) >= 11 is 11.6. The maximum absolute atomic E-state index is 6.14. The van der Waals surface area contributed by atoms with Crippen molar-refractivity contribution in [3.8, 4) is 11.5 Å². The van der Waals surface area contributed by atoms with Gasteiger partial charge in [0, 0.05) is 16.3 Å². The number of methoxy groups -OCH3 is 2. The van der Waals surface area contributed by atoms with E-state index in [2.05, 4.69) is 10.6 Å². The Hall–Kier alpha value is -1.98. The van der Waals surface area contributed by atoms with Crippen molar-refractivity contribution >= 4 is 34.6 Å². The van der Waals surface area contributed by atoms with Gasteiger partial charge in [-0.05, 0) is 62.0 Å². The van der Waals surface area contributed by atoms with Gasteiger partial charge in [-0.3, -0.25) is 0 Å². The summed E-state index contributed by atoms with van der Waals surface area (Å²) in [5.41, 5.74) is 2.79. The maximum atomic E-state index is 6.14. The lowest BCUT2D eigenvalue weighted by atomic mass is 10.1. The van der Waals surface area contributed by atoms with Crippen LogP contribution in [0.5, 0.6) is 11.5 Å². The molecule has 2 aromatic carbocycles. The minimum absolute atomic E-state index is 0.0606. The molecule has 24 heavy (non-hydrogen) atoms. The monoisotopic (exact) mass is 364 g/mol. The van der Waals surface area contributed by atoms with Gasteiger partial charge in [0.05, 0.1) is 20.3 Å². The van der Waals surface area contributed by atoms with Crippen molar-refractivity contribution < 1.29 is 9.47 Å². The Labute approximate surface area is 153 Å². The largest absolute Gasteiger partial charge is 0.497 e. The van der Waals surface area contributed by atoms with E-state index in [0.29, 0.717) is 10.1 Å². The average molecular weight is 365 g/mol. The SMILES string of the molecule is COc1ccc(OC)c(C(C)NC(=S)Nc2cccc(Cl)c2C)c1. The fraction of sp³-hybridized carbons (Fsp3) is 0.278. The molecule has 0 spiro atoms. The van der Waals surface area contributed by atoms with Crippen molar-refractivity contribution in [2.75, 3.05) is 19.5 Å². The molecule has 0 amide bonds. The van der Waals surface area contributed by atoms with Crippen LogP contribution in [0.15, 0.2) is 36.4 Å². The molecule has 1 unspecified atom stereocenters. The summed E-state index contributed by atoms with van der Waals surface area (Å²) in [6, 6.07) is 11.3. The van der Waals surface area contributed by atoms with E-state index in [-0.39, 0.29) is 6.04 Å². The van der Waals surface area contributed by atoms with Crippen LogP contribution in [0, 0.1) is 6.92 Å². The summed E-state index contributed by atoms with van der Waals surface area (Å²) in [6.45, 7) is 3.96. The van der Waals surface area contributed by atoms with Crippen LogP contribution in [0.25, 0.3) is 0 Å². The fourth-order valence-electron chi connectivity index (χ4n) is 2.35. The van der Waals surface area contributed by atoms with Gasteiger partial charge in [0.1, 0.15) is 11.5 Å². The Morgan fingerprint density at radius 3 is 2.58 bits per heavy atom. The van der Waals surface area contributed by atoms with Gasteiger partial charge in [0.2, 0.25) is 0 Å². The highest BCUT2D eigenvalue weighted by Crippen LogP contribution is 2.29. The van der Waals surface area contributed by atoms with Gasteiger partial charge in [-0.25, -0.2) is 0 Å². The van der Waals surface area contributed by atoms with Crippen molar-refractivity contribution in [3.63, 3.8) is 0 Å². The molecule has 0 aromatic heterocycles. The van der Waals surface area contributed by atoms with Crippen LogP contribution in [0.2, 0.25) is 5.02 Å². The molecule has 0 fully saturated rings. The zero-order valence-corrected chi connectivity index (χ0v) is 15.7. The lowest BCUT2D eigenvalue weighted by Gasteiger charge is -2.21. The Morgan fingerprint density at radius 2 is 1.92 bits per heavy atom. The first-order valence-electron chi connectivity index (χ1n) is 7.50. The first-order chi connectivity index (χ1) is 11.5. The highest BCUT2D eigenvalue weighted by molar-refractivity contribution is 7.80. The average Bonchev–Trinajstić information content (AvgIpc) is 2.58. The molecule has 0 bridgehead atoms. The molecule has 0 saturated heterocycles. The molecule has 0 radical (unpaired) electrons. The molecule has 128 valence electrons. The zero-order valence-electron chi connectivity index (χ0n) is 14.1. The second-order valence-corrected chi connectivity index (χ2v) is 6.16. The summed E-state index contributed by atoms with van der Waals surface area (Å²) in [7, 11) is 3.28. The van der Waals surface area contributed by atoms with E-state index in [1.165, 1.54) is 0 Å². The molecule has 2 aromatic rings. The number of nitrogens with one attached hydrogen (secondary N) is 2. The molecular weight excluding hydrogens is 344 g/mol. The quantitative estimate of drug-likeness (QED) is 0.752. The second kappa shape index (κ2) is 8.22. The van der Waals surface area contributed by atoms with Gasteiger partial charge in [-0.1, -0.05) is 17.7 Å². The van der Waals surface area contributed by atoms with E-state index in [1.807, 2.05) is 50.2 Å². The first kappa shape index (κ1) is 18.4. The predicted molar refractivity (Wildman–Crippen MR) is 104 cm³/mol. The number of benzene rings is 2. The summed E-state index contributed by atoms with van der Waals surface area (Å²) in [5, 5.41) is 7.65. The lowest BCUT2D eigenvalue weighted by molar-refractivity contribution is 0.395. The van der Waals surface area contributed by atoms with Crippen molar-refractivity contribution in [1.29, 1.82) is 0 Å². The molecule has 0 aliphatic heterocycles. The third kappa shape index (κ3) is 4.30. The zero-order chi connectivity index (χ0) is 17.7. The van der Waals surface area contributed by atoms with Crippen LogP contribution in [-0.4, -0.2) is 19.3 Å². The first-order valence-corrected chi connectivity index (χ1v) is 8.29. The molecule has 0 saturated carbocycles. The minimum atomic E-state index is -0.0606. The lowest BCUT2D eigenvalue weighted by Crippen LogP contribution is -2.31. The van der Waals surface area contributed by atoms with Crippen LogP contribution < -0.4 is 20.1 Å². The molecule has 6 heteroatoms. The van der Waals surface area contributed by atoms with Crippen LogP contribution in [0.3, 0.4) is 0 Å². The highest BCUT2D eigenvalue weighted by atomic mass is 35.5. The van der Waals surface area contributed by atoms with E-state index in [4.69, 9.17) is 33.3 Å². The van der Waals surface area contributed by atoms with E-state index >= 15 is 0 Å². The van der Waals surface area contributed by atoms with Crippen LogP contribution in [0.1, 0.15) is 24.1 Å². The maximum Gasteiger partial charge on any atom is 0.171 e. The standard InChI is InChI=1S/C18H21ClN2O2S/c1-11-15(19)6-5-7-16(11)21-18(24)20-12(2)14-10-13(22-3)8-9-17(14)23-4/h5-10,12H,1-4H3,(H2,20,21,24). The summed E-state index contributed by atoms with van der Waals surface area (Å²) in [6.07, 6.45) is 0. The molecule has 2 N–H and O–H groups in total. The topological polar surface area (TPSA) is 42.5 Å². The summed E-state index contributed by atoms with van der Waals surface area (Å²) in [4.78, 5) is 0. The van der Waals surface area contributed by atoms with Gasteiger partial charge >= 0.3 is 0 Å². The molecule has 2 rings (SSSR count). The summed E-state index contributed by atoms with van der Waals surface area (Å²) in [5.74, 6) is 1.54. The molecule has 0 heterocycles. The summed E-state index contributed by atoms with van der Waals surface area (Å²) < 4.78 is 10.7. The van der Waals surface area contributed by atoms with Gasteiger partial charge in [0.15, 0.2) is 5.11 Å². The number of anilines is 1. The van der Waals surface area contributed by atoms with E-state index in [9.17, 15) is 0 Å². The smallest absolute Gasteiger partial charge is 0.171 e. The Morgan fingerprint density at radius 1 is 1.17 bits per heavy atom. The third-order valence-electron chi connectivity index (χ3n) is 3.77. The van der Waals surface area contributed by atoms with Gasteiger partial charge < -0.3 is 20.1 Å². The van der Waals surface area contributed by atoms with Gasteiger partial charge in [0.25, 0.3) is 0 Å². The van der Waals surface area contributed by atoms with Crippen molar-refractivity contribution in [2.24, 2.45) is 0 Å². The highest BCUT2D eigenvalue weighted by Gasteiger charge is 2.14. The predicted octanol–water partition coefficient (Wildman–Crippen LogP) is 4.71. The van der Waals surface area contributed by atoms with Crippen molar-refractivity contribution in [1.82, 2.24) is 5.32 Å². The molecule has 1 atom stereocenters. The van der Waals surface area contributed by atoms with Crippen LogP contribution in [-0.2, 0) is 0 Å². The number of ether oxygens (including phenoxy) is 2. The van der Waals surface area contributed by atoms with E-state index in [1.54, 1.807) is 14.2 Å². The van der Waals surface area contributed by atoms with Gasteiger partial charge in [-0.15, -0.1) is 0 Å². The Balaban J connectivity index is 2.13. The number of rotatable bonds is 5. The van der Waals surface area contributed by atoms with Crippen molar-refractivity contribution in [2.45, 2.75) is 19.9 Å². The number of thiocarbonyl (C=S) groups is 1. The number of halogens is 1. The van der Waals surface area contributed by atoms with Crippen LogP contribution >= 0.6 is 23.8 Å². The van der Waals surface area contributed by atoms with Crippen LogP contribution in [0.4, 0.5) is 5.69 Å². The third-order valence-corrected chi connectivity index (χ3v) is 4.40. The Kier molecular flexibility index (Phi) is 6.29. The fourth-order valence-corrected chi connectivity index (χ4v) is 2.81. The molecule has 0 aliphatic carbocycles.